The highest BCUT2D eigenvalue weighted by atomic mass is 14.3. The molecule has 0 heterocycles. The van der Waals surface area contributed by atoms with Crippen LogP contribution in [0.5, 0.6) is 0 Å². The van der Waals surface area contributed by atoms with Gasteiger partial charge in [0.1, 0.15) is 0 Å². The molecule has 2 aliphatic rings. The van der Waals surface area contributed by atoms with Crippen molar-refractivity contribution in [2.45, 2.75) is 57.3 Å². The summed E-state index contributed by atoms with van der Waals surface area (Å²) in [6.07, 6.45) is 22.8. The topological polar surface area (TPSA) is 47.6 Å². The molecule has 2 fully saturated rings. The van der Waals surface area contributed by atoms with Gasteiger partial charge in [0.05, 0.1) is 17.7 Å². The molecule has 0 saturated heterocycles. The van der Waals surface area contributed by atoms with Crippen LogP contribution in [0.3, 0.4) is 0 Å². The maximum Gasteiger partial charge on any atom is 0.0991 e. The normalized spacial score (nSPS) is 28.5. The molecule has 0 unspecified atom stereocenters. The van der Waals surface area contributed by atoms with Crippen LogP contribution in [-0.4, -0.2) is 0 Å². The lowest BCUT2D eigenvalue weighted by molar-refractivity contribution is 0.348. The van der Waals surface area contributed by atoms with Crippen LogP contribution in [-0.2, 0) is 0 Å². The first-order valence-electron chi connectivity index (χ1n) is 10.7. The van der Waals surface area contributed by atoms with E-state index in [1.807, 2.05) is 30.4 Å². The lowest BCUT2D eigenvalue weighted by Gasteiger charge is -2.28. The van der Waals surface area contributed by atoms with Gasteiger partial charge in [0.25, 0.3) is 0 Å². The van der Waals surface area contributed by atoms with E-state index < -0.39 is 0 Å². The van der Waals surface area contributed by atoms with Crippen molar-refractivity contribution in [2.75, 3.05) is 0 Å². The van der Waals surface area contributed by atoms with Crippen molar-refractivity contribution in [3.05, 3.63) is 71.8 Å². The zero-order valence-corrected chi connectivity index (χ0v) is 16.6. The van der Waals surface area contributed by atoms with Crippen molar-refractivity contribution < 1.29 is 0 Å². The van der Waals surface area contributed by atoms with E-state index in [1.54, 1.807) is 0 Å². The second-order valence-electron chi connectivity index (χ2n) is 8.28. The first-order chi connectivity index (χ1) is 13.8. The number of nitriles is 2. The van der Waals surface area contributed by atoms with Crippen molar-refractivity contribution in [1.82, 2.24) is 0 Å². The molecule has 0 bridgehead atoms. The Kier molecular flexibility index (Phi) is 7.69. The molecule has 0 N–H and O–H groups in total. The van der Waals surface area contributed by atoms with Gasteiger partial charge in [-0.15, -0.1) is 0 Å². The zero-order chi connectivity index (χ0) is 19.6. The molecule has 1 aromatic carbocycles. The Hall–Kier alpha value is -2.58. The van der Waals surface area contributed by atoms with Gasteiger partial charge in [-0.05, 0) is 92.7 Å². The first-order valence-corrected chi connectivity index (χ1v) is 10.7. The number of hydrogen-bond acceptors (Lipinski definition) is 2. The van der Waals surface area contributed by atoms with Crippen LogP contribution in [0.1, 0.15) is 68.4 Å². The van der Waals surface area contributed by atoms with E-state index in [4.69, 9.17) is 10.5 Å². The largest absolute Gasteiger partial charge is 0.193 e. The Labute approximate surface area is 169 Å². The quantitative estimate of drug-likeness (QED) is 0.324. The molecule has 28 heavy (non-hydrogen) atoms. The first kappa shape index (κ1) is 20.2. The minimum Gasteiger partial charge on any atom is -0.193 e. The average Bonchev–Trinajstić information content (AvgIpc) is 2.76. The Morgan fingerprint density at radius 3 is 1.75 bits per heavy atom. The fourth-order valence-electron chi connectivity index (χ4n) is 4.64. The summed E-state index contributed by atoms with van der Waals surface area (Å²) in [5, 5.41) is 17.4. The summed E-state index contributed by atoms with van der Waals surface area (Å²) in [7, 11) is 0. The summed E-state index contributed by atoms with van der Waals surface area (Å²) in [5.74, 6) is 2.82. The third-order valence-electron chi connectivity index (χ3n) is 6.42. The van der Waals surface area contributed by atoms with E-state index in [0.29, 0.717) is 11.8 Å². The predicted octanol–water partition coefficient (Wildman–Crippen LogP) is 6.83. The van der Waals surface area contributed by atoms with E-state index in [0.717, 1.165) is 17.4 Å². The average molecular weight is 371 g/mol. The van der Waals surface area contributed by atoms with Crippen LogP contribution in [0.25, 0.3) is 0 Å². The fraction of sp³-hybridized carbons (Fsp3) is 0.462. The second kappa shape index (κ2) is 10.7. The van der Waals surface area contributed by atoms with Crippen molar-refractivity contribution in [3.63, 3.8) is 0 Å². The Bertz CT molecular complexity index is 769. The minimum absolute atomic E-state index is 0.662. The van der Waals surface area contributed by atoms with Crippen LogP contribution >= 0.6 is 0 Å². The minimum atomic E-state index is 0.662. The summed E-state index contributed by atoms with van der Waals surface area (Å²) >= 11 is 0. The molecule has 0 radical (unpaired) electrons. The van der Waals surface area contributed by atoms with E-state index in [-0.39, 0.29) is 0 Å². The third kappa shape index (κ3) is 5.97. The van der Waals surface area contributed by atoms with Crippen LogP contribution in [0.4, 0.5) is 0 Å². The molecule has 144 valence electrons. The Morgan fingerprint density at radius 1 is 0.679 bits per heavy atom. The third-order valence-corrected chi connectivity index (χ3v) is 6.42. The van der Waals surface area contributed by atoms with Gasteiger partial charge < -0.3 is 0 Å². The molecule has 0 atom stereocenters. The standard InChI is InChI=1S/C26H30N2/c27-19-3-1-2-4-21-5-7-22(8-6-21)9-10-23-11-15-25(16-12-23)26-17-13-24(20-28)14-18-26/h1-4,9-10,13-14,17-18,21-23,25H,5-8,11-12,15-16H2/b3-1?,4-2?,10-9+. The monoisotopic (exact) mass is 370 g/mol. The second-order valence-corrected chi connectivity index (χ2v) is 8.28. The van der Waals surface area contributed by atoms with Crippen molar-refractivity contribution in [3.8, 4) is 12.1 Å². The SMILES string of the molecule is N#CC=CC=CC1CCC(/C=C/C2CCC(c3ccc(C#N)cc3)CC2)CC1. The van der Waals surface area contributed by atoms with Gasteiger partial charge in [0.15, 0.2) is 0 Å². The number of allylic oxidation sites excluding steroid dienone is 6. The molecule has 0 spiro atoms. The highest BCUT2D eigenvalue weighted by molar-refractivity contribution is 5.33. The fourth-order valence-corrected chi connectivity index (χ4v) is 4.64. The van der Waals surface area contributed by atoms with Gasteiger partial charge >= 0.3 is 0 Å². The van der Waals surface area contributed by atoms with Crippen LogP contribution in [0.2, 0.25) is 0 Å². The molecule has 0 aromatic heterocycles. The molecular formula is C26H30N2. The predicted molar refractivity (Wildman–Crippen MR) is 114 cm³/mol. The van der Waals surface area contributed by atoms with E-state index >= 15 is 0 Å². The summed E-state index contributed by atoms with van der Waals surface area (Å²) in [5.41, 5.74) is 2.15. The van der Waals surface area contributed by atoms with Crippen molar-refractivity contribution >= 4 is 0 Å². The summed E-state index contributed by atoms with van der Waals surface area (Å²) in [4.78, 5) is 0. The van der Waals surface area contributed by atoms with E-state index in [1.165, 1.54) is 63.0 Å². The highest BCUT2D eigenvalue weighted by Gasteiger charge is 2.22. The molecule has 1 aromatic rings. The van der Waals surface area contributed by atoms with E-state index in [9.17, 15) is 0 Å². The molecule has 2 saturated carbocycles. The Morgan fingerprint density at radius 2 is 1.21 bits per heavy atom. The van der Waals surface area contributed by atoms with Gasteiger partial charge in [-0.25, -0.2) is 0 Å². The van der Waals surface area contributed by atoms with E-state index in [2.05, 4.69) is 36.4 Å². The summed E-state index contributed by atoms with van der Waals surface area (Å²) in [6.45, 7) is 0. The van der Waals surface area contributed by atoms with Gasteiger partial charge in [0.2, 0.25) is 0 Å². The van der Waals surface area contributed by atoms with Crippen LogP contribution in [0.15, 0.2) is 60.7 Å². The summed E-state index contributed by atoms with van der Waals surface area (Å²) < 4.78 is 0. The molecule has 3 rings (SSSR count). The summed E-state index contributed by atoms with van der Waals surface area (Å²) in [6, 6.07) is 12.4. The van der Waals surface area contributed by atoms with Gasteiger partial charge in [-0.1, -0.05) is 42.5 Å². The number of benzene rings is 1. The maximum absolute atomic E-state index is 8.94. The Balaban J connectivity index is 1.39. The molecule has 2 aliphatic carbocycles. The zero-order valence-electron chi connectivity index (χ0n) is 16.6. The number of hydrogen-bond donors (Lipinski definition) is 0. The van der Waals surface area contributed by atoms with Crippen molar-refractivity contribution in [2.24, 2.45) is 17.8 Å². The van der Waals surface area contributed by atoms with Crippen LogP contribution < -0.4 is 0 Å². The lowest BCUT2D eigenvalue weighted by Crippen LogP contribution is -2.14. The lowest BCUT2D eigenvalue weighted by atomic mass is 9.77. The van der Waals surface area contributed by atoms with Gasteiger partial charge in [-0.3, -0.25) is 0 Å². The van der Waals surface area contributed by atoms with Crippen molar-refractivity contribution in [1.29, 1.82) is 10.5 Å². The molecule has 0 amide bonds. The molecule has 2 nitrogen and oxygen atoms in total. The maximum atomic E-state index is 8.94. The van der Waals surface area contributed by atoms with Crippen LogP contribution in [0, 0.1) is 40.4 Å². The number of rotatable bonds is 5. The smallest absolute Gasteiger partial charge is 0.0991 e. The number of nitrogens with zero attached hydrogens (tertiary/aromatic N) is 2. The van der Waals surface area contributed by atoms with Gasteiger partial charge in [-0.2, -0.15) is 10.5 Å². The molecule has 0 aliphatic heterocycles. The van der Waals surface area contributed by atoms with Gasteiger partial charge in [0, 0.05) is 6.08 Å². The highest BCUT2D eigenvalue weighted by Crippen LogP contribution is 2.37. The molecular weight excluding hydrogens is 340 g/mol. The molecule has 2 heteroatoms.